The Labute approximate surface area is 124 Å². The molecule has 0 saturated carbocycles. The lowest BCUT2D eigenvalue weighted by Gasteiger charge is -2.08. The maximum atomic E-state index is 12.1. The van der Waals surface area contributed by atoms with E-state index in [1.165, 1.54) is 18.0 Å². The van der Waals surface area contributed by atoms with E-state index >= 15 is 0 Å². The summed E-state index contributed by atoms with van der Waals surface area (Å²) in [6.45, 7) is 4.43. The molecule has 7 heteroatoms. The smallest absolute Gasteiger partial charge is 0.243 e. The summed E-state index contributed by atoms with van der Waals surface area (Å²) >= 11 is 0. The van der Waals surface area contributed by atoms with Gasteiger partial charge in [0.1, 0.15) is 4.90 Å². The summed E-state index contributed by atoms with van der Waals surface area (Å²) < 4.78 is 26.6. The fourth-order valence-corrected chi connectivity index (χ4v) is 2.65. The average Bonchev–Trinajstić information content (AvgIpc) is 2.46. The van der Waals surface area contributed by atoms with E-state index < -0.39 is 10.0 Å². The fourth-order valence-electron chi connectivity index (χ4n) is 1.75. The SMILES string of the molecule is CC(C)c1ccc(CNS(=O)(=O)c2cnc(N)nc2)cc1. The summed E-state index contributed by atoms with van der Waals surface area (Å²) in [5.74, 6) is 0.487. The van der Waals surface area contributed by atoms with E-state index in [1.807, 2.05) is 24.3 Å². The summed E-state index contributed by atoms with van der Waals surface area (Å²) in [6, 6.07) is 7.83. The van der Waals surface area contributed by atoms with Crippen LogP contribution in [0.25, 0.3) is 0 Å². The fraction of sp³-hybridized carbons (Fsp3) is 0.286. The minimum absolute atomic E-state index is 0.00417. The van der Waals surface area contributed by atoms with Crippen molar-refractivity contribution in [2.75, 3.05) is 5.73 Å². The topological polar surface area (TPSA) is 98.0 Å². The first-order chi connectivity index (χ1) is 9.88. The van der Waals surface area contributed by atoms with E-state index in [9.17, 15) is 8.42 Å². The highest BCUT2D eigenvalue weighted by Gasteiger charge is 2.14. The monoisotopic (exact) mass is 306 g/mol. The lowest BCUT2D eigenvalue weighted by molar-refractivity contribution is 0.580. The van der Waals surface area contributed by atoms with Crippen LogP contribution in [0.5, 0.6) is 0 Å². The Morgan fingerprint density at radius 1 is 1.14 bits per heavy atom. The Morgan fingerprint density at radius 3 is 2.24 bits per heavy atom. The number of rotatable bonds is 5. The highest BCUT2D eigenvalue weighted by molar-refractivity contribution is 7.89. The molecule has 0 atom stereocenters. The van der Waals surface area contributed by atoms with Crippen LogP contribution in [0, 0.1) is 0 Å². The summed E-state index contributed by atoms with van der Waals surface area (Å²) in [5, 5.41) is 0. The van der Waals surface area contributed by atoms with Gasteiger partial charge in [0.15, 0.2) is 0 Å². The highest BCUT2D eigenvalue weighted by atomic mass is 32.2. The van der Waals surface area contributed by atoms with Crippen LogP contribution in [-0.2, 0) is 16.6 Å². The van der Waals surface area contributed by atoms with E-state index in [0.29, 0.717) is 5.92 Å². The van der Waals surface area contributed by atoms with Crippen LogP contribution in [0.1, 0.15) is 30.9 Å². The molecule has 0 radical (unpaired) electrons. The Kier molecular flexibility index (Phi) is 4.54. The number of nitrogens with two attached hydrogens (primary N) is 1. The first-order valence-electron chi connectivity index (χ1n) is 6.54. The maximum absolute atomic E-state index is 12.1. The zero-order valence-electron chi connectivity index (χ0n) is 11.9. The Morgan fingerprint density at radius 2 is 1.71 bits per heavy atom. The molecule has 3 N–H and O–H groups in total. The number of sulfonamides is 1. The molecule has 0 aliphatic rings. The molecule has 21 heavy (non-hydrogen) atoms. The van der Waals surface area contributed by atoms with Gasteiger partial charge in [-0.25, -0.2) is 23.1 Å². The van der Waals surface area contributed by atoms with Gasteiger partial charge >= 0.3 is 0 Å². The van der Waals surface area contributed by atoms with E-state index in [0.717, 1.165) is 5.56 Å². The van der Waals surface area contributed by atoms with Gasteiger partial charge in [-0.05, 0) is 17.0 Å². The zero-order chi connectivity index (χ0) is 15.5. The van der Waals surface area contributed by atoms with Gasteiger partial charge in [-0.3, -0.25) is 0 Å². The van der Waals surface area contributed by atoms with Crippen LogP contribution in [0.4, 0.5) is 5.95 Å². The van der Waals surface area contributed by atoms with Crippen LogP contribution in [0.15, 0.2) is 41.6 Å². The molecule has 0 amide bonds. The molecule has 6 nitrogen and oxygen atoms in total. The van der Waals surface area contributed by atoms with Crippen molar-refractivity contribution in [2.24, 2.45) is 0 Å². The second-order valence-electron chi connectivity index (χ2n) is 5.00. The molecule has 0 fully saturated rings. The summed E-state index contributed by atoms with van der Waals surface area (Å²) in [7, 11) is -3.63. The number of hydrogen-bond donors (Lipinski definition) is 2. The number of hydrogen-bond acceptors (Lipinski definition) is 5. The Bertz CT molecular complexity index is 695. The molecule has 1 heterocycles. The normalized spacial score (nSPS) is 11.8. The lowest BCUT2D eigenvalue weighted by atomic mass is 10.0. The standard InChI is InChI=1S/C14H18N4O2S/c1-10(2)12-5-3-11(4-6-12)7-18-21(19,20)13-8-16-14(15)17-9-13/h3-6,8-10,18H,7H2,1-2H3,(H2,15,16,17). The van der Waals surface area contributed by atoms with Gasteiger partial charge < -0.3 is 5.73 Å². The van der Waals surface area contributed by atoms with E-state index in [-0.39, 0.29) is 17.4 Å². The van der Waals surface area contributed by atoms with Crippen molar-refractivity contribution in [1.82, 2.24) is 14.7 Å². The van der Waals surface area contributed by atoms with E-state index in [2.05, 4.69) is 28.5 Å². The third-order valence-corrected chi connectivity index (χ3v) is 4.43. The summed E-state index contributed by atoms with van der Waals surface area (Å²) in [6.07, 6.45) is 2.37. The minimum atomic E-state index is -3.63. The third-order valence-electron chi connectivity index (χ3n) is 3.07. The Hall–Kier alpha value is -1.99. The predicted molar refractivity (Wildman–Crippen MR) is 81.0 cm³/mol. The molecule has 0 spiro atoms. The van der Waals surface area contributed by atoms with Gasteiger partial charge in [0, 0.05) is 6.54 Å². The molecular weight excluding hydrogens is 288 g/mol. The van der Waals surface area contributed by atoms with Crippen molar-refractivity contribution in [3.8, 4) is 0 Å². The van der Waals surface area contributed by atoms with Crippen LogP contribution in [0.2, 0.25) is 0 Å². The molecule has 0 aliphatic heterocycles. The van der Waals surface area contributed by atoms with Crippen LogP contribution in [0.3, 0.4) is 0 Å². The predicted octanol–water partition coefficient (Wildman–Crippen LogP) is 1.66. The number of nitrogens with zero attached hydrogens (tertiary/aromatic N) is 2. The molecule has 2 aromatic rings. The second-order valence-corrected chi connectivity index (χ2v) is 6.76. The zero-order valence-corrected chi connectivity index (χ0v) is 12.8. The van der Waals surface area contributed by atoms with Crippen molar-refractivity contribution >= 4 is 16.0 Å². The van der Waals surface area contributed by atoms with Crippen molar-refractivity contribution < 1.29 is 8.42 Å². The molecular formula is C14H18N4O2S. The quantitative estimate of drug-likeness (QED) is 0.875. The number of aromatic nitrogens is 2. The van der Waals surface area contributed by atoms with Crippen LogP contribution < -0.4 is 10.5 Å². The van der Waals surface area contributed by atoms with Crippen LogP contribution >= 0.6 is 0 Å². The van der Waals surface area contributed by atoms with Crippen molar-refractivity contribution in [3.05, 3.63) is 47.8 Å². The van der Waals surface area contributed by atoms with E-state index in [4.69, 9.17) is 5.73 Å². The molecule has 0 aliphatic carbocycles. The lowest BCUT2D eigenvalue weighted by Crippen LogP contribution is -2.23. The molecule has 1 aromatic heterocycles. The molecule has 0 bridgehead atoms. The minimum Gasteiger partial charge on any atom is -0.368 e. The molecule has 112 valence electrons. The summed E-state index contributed by atoms with van der Waals surface area (Å²) in [4.78, 5) is 7.35. The number of benzene rings is 1. The van der Waals surface area contributed by atoms with Gasteiger partial charge in [-0.2, -0.15) is 0 Å². The first kappa shape index (κ1) is 15.4. The van der Waals surface area contributed by atoms with Crippen molar-refractivity contribution in [3.63, 3.8) is 0 Å². The van der Waals surface area contributed by atoms with Gasteiger partial charge in [0.05, 0.1) is 12.4 Å². The summed E-state index contributed by atoms with van der Waals surface area (Å²) in [5.41, 5.74) is 7.44. The van der Waals surface area contributed by atoms with E-state index in [1.54, 1.807) is 0 Å². The molecule has 1 aromatic carbocycles. The first-order valence-corrected chi connectivity index (χ1v) is 8.03. The third kappa shape index (κ3) is 3.99. The average molecular weight is 306 g/mol. The largest absolute Gasteiger partial charge is 0.368 e. The van der Waals surface area contributed by atoms with Gasteiger partial charge in [0.2, 0.25) is 16.0 Å². The van der Waals surface area contributed by atoms with Crippen molar-refractivity contribution in [2.45, 2.75) is 31.2 Å². The highest BCUT2D eigenvalue weighted by Crippen LogP contribution is 2.15. The maximum Gasteiger partial charge on any atom is 0.243 e. The van der Waals surface area contributed by atoms with Gasteiger partial charge in [-0.15, -0.1) is 0 Å². The number of nitrogens with one attached hydrogen (secondary N) is 1. The molecule has 0 saturated heterocycles. The molecule has 0 unspecified atom stereocenters. The van der Waals surface area contributed by atoms with Crippen LogP contribution in [-0.4, -0.2) is 18.4 Å². The number of nitrogen functional groups attached to an aromatic ring is 1. The Balaban J connectivity index is 2.06. The number of anilines is 1. The van der Waals surface area contributed by atoms with Crippen molar-refractivity contribution in [1.29, 1.82) is 0 Å². The van der Waals surface area contributed by atoms with Gasteiger partial charge in [0.25, 0.3) is 0 Å². The second kappa shape index (κ2) is 6.19. The van der Waals surface area contributed by atoms with Gasteiger partial charge in [-0.1, -0.05) is 38.1 Å². The molecule has 2 rings (SSSR count).